The Morgan fingerprint density at radius 1 is 1.30 bits per heavy atom. The van der Waals surface area contributed by atoms with E-state index in [0.29, 0.717) is 5.92 Å². The molecule has 2 saturated heterocycles. The fraction of sp³-hybridized carbons (Fsp3) is 0.667. The Balaban J connectivity index is 1.46. The Kier molecular flexibility index (Phi) is 4.50. The summed E-state index contributed by atoms with van der Waals surface area (Å²) in [5.41, 5.74) is 0. The molecular formula is C15H23N3O2. The topological polar surface area (TPSA) is 48.8 Å². The van der Waals surface area contributed by atoms with Crippen molar-refractivity contribution in [3.63, 3.8) is 0 Å². The van der Waals surface area contributed by atoms with Crippen LogP contribution in [0, 0.1) is 5.92 Å². The molecule has 2 atom stereocenters. The molecule has 0 aliphatic carbocycles. The number of piperazine rings is 1. The van der Waals surface area contributed by atoms with Crippen LogP contribution < -0.4 is 4.90 Å². The lowest BCUT2D eigenvalue weighted by molar-refractivity contribution is 0.0541. The highest BCUT2D eigenvalue weighted by Gasteiger charge is 2.27. The van der Waals surface area contributed by atoms with Crippen LogP contribution in [0.25, 0.3) is 0 Å². The molecule has 2 aliphatic heterocycles. The lowest BCUT2D eigenvalue weighted by Gasteiger charge is -2.36. The van der Waals surface area contributed by atoms with E-state index < -0.39 is 0 Å². The van der Waals surface area contributed by atoms with Crippen molar-refractivity contribution in [2.75, 3.05) is 50.8 Å². The number of β-amino-alcohol motifs (C(OH)–C–C–N with tert-alkyl or cyclic N) is 1. The Morgan fingerprint density at radius 2 is 2.15 bits per heavy atom. The third-order valence-corrected chi connectivity index (χ3v) is 4.30. The van der Waals surface area contributed by atoms with Gasteiger partial charge in [0.2, 0.25) is 0 Å². The first-order valence-electron chi connectivity index (χ1n) is 7.47. The van der Waals surface area contributed by atoms with Crippen LogP contribution >= 0.6 is 0 Å². The zero-order chi connectivity index (χ0) is 13.8. The maximum Gasteiger partial charge on any atom is 0.128 e. The number of pyridine rings is 1. The molecule has 0 bridgehead atoms. The van der Waals surface area contributed by atoms with E-state index in [2.05, 4.69) is 20.9 Å². The molecule has 20 heavy (non-hydrogen) atoms. The van der Waals surface area contributed by atoms with E-state index in [4.69, 9.17) is 4.74 Å². The molecule has 1 N–H and O–H groups in total. The highest BCUT2D eigenvalue weighted by molar-refractivity contribution is 5.38. The molecule has 110 valence electrons. The minimum absolute atomic E-state index is 0.251. The molecule has 2 fully saturated rings. The molecular weight excluding hydrogens is 254 g/mol. The maximum absolute atomic E-state index is 10.2. The predicted molar refractivity (Wildman–Crippen MR) is 77.8 cm³/mol. The number of anilines is 1. The van der Waals surface area contributed by atoms with Crippen molar-refractivity contribution in [3.8, 4) is 0 Å². The van der Waals surface area contributed by atoms with Crippen LogP contribution in [0.15, 0.2) is 24.4 Å². The number of hydrogen-bond acceptors (Lipinski definition) is 5. The van der Waals surface area contributed by atoms with Gasteiger partial charge in [-0.1, -0.05) is 6.07 Å². The maximum atomic E-state index is 10.2. The van der Waals surface area contributed by atoms with Gasteiger partial charge in [0.1, 0.15) is 5.82 Å². The molecule has 5 heteroatoms. The van der Waals surface area contributed by atoms with Gasteiger partial charge in [0, 0.05) is 51.4 Å². The molecule has 3 rings (SSSR count). The van der Waals surface area contributed by atoms with Crippen molar-refractivity contribution < 1.29 is 9.84 Å². The van der Waals surface area contributed by atoms with Crippen LogP contribution in [0.3, 0.4) is 0 Å². The molecule has 1 aromatic rings. The lowest BCUT2D eigenvalue weighted by atomic mass is 10.0. The molecule has 0 spiro atoms. The number of rotatable bonds is 4. The normalized spacial score (nSPS) is 25.9. The summed E-state index contributed by atoms with van der Waals surface area (Å²) in [6.07, 6.45) is 2.58. The van der Waals surface area contributed by atoms with Crippen LogP contribution in [0.2, 0.25) is 0 Å². The van der Waals surface area contributed by atoms with Crippen molar-refractivity contribution in [2.24, 2.45) is 5.92 Å². The average Bonchev–Trinajstić information content (AvgIpc) is 3.03. The fourth-order valence-corrected chi connectivity index (χ4v) is 2.97. The van der Waals surface area contributed by atoms with E-state index in [-0.39, 0.29) is 6.10 Å². The minimum atomic E-state index is -0.251. The smallest absolute Gasteiger partial charge is 0.128 e. The number of ether oxygens (including phenoxy) is 1. The molecule has 0 aromatic carbocycles. The van der Waals surface area contributed by atoms with Gasteiger partial charge >= 0.3 is 0 Å². The van der Waals surface area contributed by atoms with Gasteiger partial charge in [-0.3, -0.25) is 4.90 Å². The predicted octanol–water partition coefficient (Wildman–Crippen LogP) is 0.601. The number of nitrogens with zero attached hydrogens (tertiary/aromatic N) is 3. The molecule has 0 radical (unpaired) electrons. The summed E-state index contributed by atoms with van der Waals surface area (Å²) in [6, 6.07) is 6.03. The summed E-state index contributed by atoms with van der Waals surface area (Å²) < 4.78 is 5.35. The molecule has 2 unspecified atom stereocenters. The van der Waals surface area contributed by atoms with E-state index in [1.807, 2.05) is 18.3 Å². The monoisotopic (exact) mass is 277 g/mol. The third-order valence-electron chi connectivity index (χ3n) is 4.30. The van der Waals surface area contributed by atoms with Crippen molar-refractivity contribution in [2.45, 2.75) is 12.5 Å². The van der Waals surface area contributed by atoms with Crippen molar-refractivity contribution >= 4 is 5.82 Å². The minimum Gasteiger partial charge on any atom is -0.391 e. The largest absolute Gasteiger partial charge is 0.391 e. The van der Waals surface area contributed by atoms with Crippen LogP contribution in [0.1, 0.15) is 6.42 Å². The van der Waals surface area contributed by atoms with Gasteiger partial charge in [0.05, 0.1) is 12.7 Å². The zero-order valence-electron chi connectivity index (χ0n) is 11.8. The quantitative estimate of drug-likeness (QED) is 0.873. The van der Waals surface area contributed by atoms with Crippen molar-refractivity contribution in [3.05, 3.63) is 24.4 Å². The van der Waals surface area contributed by atoms with Gasteiger partial charge in [0.25, 0.3) is 0 Å². The summed E-state index contributed by atoms with van der Waals surface area (Å²) >= 11 is 0. The molecule has 3 heterocycles. The molecule has 2 aliphatic rings. The molecule has 0 saturated carbocycles. The SMILES string of the molecule is OC(CN1CCN(c2ccccn2)CC1)C1CCOC1. The van der Waals surface area contributed by atoms with E-state index >= 15 is 0 Å². The second-order valence-electron chi connectivity index (χ2n) is 5.67. The van der Waals surface area contributed by atoms with E-state index in [9.17, 15) is 5.11 Å². The van der Waals surface area contributed by atoms with Gasteiger partial charge in [-0.15, -0.1) is 0 Å². The zero-order valence-corrected chi connectivity index (χ0v) is 11.8. The summed E-state index contributed by atoms with van der Waals surface area (Å²) in [4.78, 5) is 9.05. The Bertz CT molecular complexity index is 401. The number of hydrogen-bond donors (Lipinski definition) is 1. The highest BCUT2D eigenvalue weighted by atomic mass is 16.5. The first-order chi connectivity index (χ1) is 9.83. The van der Waals surface area contributed by atoms with Crippen molar-refractivity contribution in [1.82, 2.24) is 9.88 Å². The van der Waals surface area contributed by atoms with E-state index in [0.717, 1.165) is 58.2 Å². The van der Waals surface area contributed by atoms with Crippen LogP contribution in [-0.4, -0.2) is 67.0 Å². The number of aliphatic hydroxyl groups excluding tert-OH is 1. The summed E-state index contributed by atoms with van der Waals surface area (Å²) in [7, 11) is 0. The highest BCUT2D eigenvalue weighted by Crippen LogP contribution is 2.19. The van der Waals surface area contributed by atoms with E-state index in [1.54, 1.807) is 0 Å². The van der Waals surface area contributed by atoms with Crippen LogP contribution in [0.4, 0.5) is 5.82 Å². The van der Waals surface area contributed by atoms with Gasteiger partial charge in [-0.25, -0.2) is 4.98 Å². The fourth-order valence-electron chi connectivity index (χ4n) is 2.97. The molecule has 0 amide bonds. The Morgan fingerprint density at radius 3 is 2.80 bits per heavy atom. The first-order valence-corrected chi connectivity index (χ1v) is 7.47. The van der Waals surface area contributed by atoms with Crippen LogP contribution in [0.5, 0.6) is 0 Å². The second kappa shape index (κ2) is 6.52. The second-order valence-corrected chi connectivity index (χ2v) is 5.67. The summed E-state index contributed by atoms with van der Waals surface area (Å²) in [6.45, 7) is 6.21. The number of aromatic nitrogens is 1. The van der Waals surface area contributed by atoms with Crippen LogP contribution in [-0.2, 0) is 4.74 Å². The Hall–Kier alpha value is -1.17. The summed E-state index contributed by atoms with van der Waals surface area (Å²) in [5, 5.41) is 10.2. The number of aliphatic hydroxyl groups is 1. The van der Waals surface area contributed by atoms with Gasteiger partial charge in [0.15, 0.2) is 0 Å². The van der Waals surface area contributed by atoms with E-state index in [1.165, 1.54) is 0 Å². The van der Waals surface area contributed by atoms with Crippen molar-refractivity contribution in [1.29, 1.82) is 0 Å². The third kappa shape index (κ3) is 3.29. The first kappa shape index (κ1) is 13.8. The lowest BCUT2D eigenvalue weighted by Crippen LogP contribution is -2.49. The molecule has 5 nitrogen and oxygen atoms in total. The van der Waals surface area contributed by atoms with Gasteiger partial charge in [-0.05, 0) is 18.6 Å². The molecule has 1 aromatic heterocycles. The van der Waals surface area contributed by atoms with Gasteiger partial charge in [-0.2, -0.15) is 0 Å². The van der Waals surface area contributed by atoms with Gasteiger partial charge < -0.3 is 14.7 Å². The average molecular weight is 277 g/mol. The summed E-state index contributed by atoms with van der Waals surface area (Å²) in [5.74, 6) is 1.38. The Labute approximate surface area is 120 Å². The standard InChI is InChI=1S/C15H23N3O2/c19-14(13-4-10-20-12-13)11-17-6-8-18(9-7-17)15-3-1-2-5-16-15/h1-3,5,13-14,19H,4,6-12H2.